The van der Waals surface area contributed by atoms with E-state index in [0.29, 0.717) is 12.5 Å². The van der Waals surface area contributed by atoms with Crippen molar-refractivity contribution in [2.24, 2.45) is 0 Å². The Morgan fingerprint density at radius 3 is 3.06 bits per heavy atom. The molecule has 0 amide bonds. The zero-order valence-corrected chi connectivity index (χ0v) is 11.8. The SMILES string of the molecule is O=S1(=O)CCc2nc(C3CSCCN3)sc2C1. The third-order valence-electron chi connectivity index (χ3n) is 3.02. The quantitative estimate of drug-likeness (QED) is 0.836. The Morgan fingerprint density at radius 2 is 2.29 bits per heavy atom. The number of hydrogen-bond acceptors (Lipinski definition) is 6. The lowest BCUT2D eigenvalue weighted by molar-refractivity contribution is 0.587. The van der Waals surface area contributed by atoms with Crippen LogP contribution in [0.1, 0.15) is 21.6 Å². The van der Waals surface area contributed by atoms with Gasteiger partial charge in [0.25, 0.3) is 0 Å². The first-order valence-corrected chi connectivity index (χ1v) is 9.43. The number of hydrogen-bond donors (Lipinski definition) is 1. The number of aryl methyl sites for hydroxylation is 1. The number of aromatic nitrogens is 1. The Labute approximate surface area is 109 Å². The van der Waals surface area contributed by atoms with Gasteiger partial charge in [0.1, 0.15) is 5.01 Å². The van der Waals surface area contributed by atoms with Crippen molar-refractivity contribution in [3.8, 4) is 0 Å². The van der Waals surface area contributed by atoms with Gasteiger partial charge < -0.3 is 5.32 Å². The molecule has 1 N–H and O–H groups in total. The summed E-state index contributed by atoms with van der Waals surface area (Å²) in [4.78, 5) is 5.58. The van der Waals surface area contributed by atoms with Crippen molar-refractivity contribution in [2.75, 3.05) is 23.8 Å². The van der Waals surface area contributed by atoms with Crippen LogP contribution in [0.5, 0.6) is 0 Å². The first kappa shape index (κ1) is 12.0. The number of nitrogens with zero attached hydrogens (tertiary/aromatic N) is 1. The van der Waals surface area contributed by atoms with Gasteiger partial charge in [-0.1, -0.05) is 0 Å². The normalized spacial score (nSPS) is 27.6. The third-order valence-corrected chi connectivity index (χ3v) is 7.03. The van der Waals surface area contributed by atoms with Gasteiger partial charge in [-0.05, 0) is 0 Å². The topological polar surface area (TPSA) is 59.1 Å². The molecule has 1 unspecified atom stereocenters. The lowest BCUT2D eigenvalue weighted by Crippen LogP contribution is -2.30. The fourth-order valence-electron chi connectivity index (χ4n) is 2.11. The Hall–Kier alpha value is -0.110. The summed E-state index contributed by atoms with van der Waals surface area (Å²) in [6.07, 6.45) is 0.591. The molecule has 4 nitrogen and oxygen atoms in total. The molecule has 7 heteroatoms. The molecule has 94 valence electrons. The molecule has 0 bridgehead atoms. The average Bonchev–Trinajstić information content (AvgIpc) is 2.71. The van der Waals surface area contributed by atoms with Crippen molar-refractivity contribution in [3.63, 3.8) is 0 Å². The maximum atomic E-state index is 11.6. The van der Waals surface area contributed by atoms with Crippen molar-refractivity contribution < 1.29 is 8.42 Å². The second-order valence-corrected chi connectivity index (χ2v) is 8.79. The Morgan fingerprint density at radius 1 is 1.41 bits per heavy atom. The summed E-state index contributed by atoms with van der Waals surface area (Å²) in [6.45, 7) is 1.01. The van der Waals surface area contributed by atoms with Crippen LogP contribution in [-0.4, -0.2) is 37.2 Å². The standard InChI is InChI=1S/C10H14N2O2S3/c13-17(14)4-1-7-9(6-17)16-10(12-7)8-5-15-3-2-11-8/h8,11H,1-6H2. The van der Waals surface area contributed by atoms with E-state index in [1.54, 1.807) is 11.3 Å². The Kier molecular flexibility index (Phi) is 3.18. The molecule has 2 aliphatic heterocycles. The van der Waals surface area contributed by atoms with Crippen LogP contribution >= 0.6 is 23.1 Å². The zero-order chi connectivity index (χ0) is 11.9. The average molecular weight is 290 g/mol. The van der Waals surface area contributed by atoms with E-state index in [2.05, 4.69) is 10.3 Å². The van der Waals surface area contributed by atoms with Crippen LogP contribution < -0.4 is 5.32 Å². The maximum absolute atomic E-state index is 11.6. The highest BCUT2D eigenvalue weighted by molar-refractivity contribution is 7.99. The van der Waals surface area contributed by atoms with Gasteiger partial charge in [0.15, 0.2) is 9.84 Å². The second-order valence-electron chi connectivity index (χ2n) is 4.35. The molecule has 3 heterocycles. The molecule has 3 rings (SSSR count). The van der Waals surface area contributed by atoms with Crippen molar-refractivity contribution in [3.05, 3.63) is 15.6 Å². The molecular weight excluding hydrogens is 276 g/mol. The molecule has 2 aliphatic rings. The smallest absolute Gasteiger partial charge is 0.155 e. The van der Waals surface area contributed by atoms with E-state index in [1.165, 1.54) is 0 Å². The van der Waals surface area contributed by atoms with E-state index in [0.717, 1.165) is 33.6 Å². The Bertz CT molecular complexity index is 518. The summed E-state index contributed by atoms with van der Waals surface area (Å²) in [5.74, 6) is 2.64. The molecule has 0 spiro atoms. The van der Waals surface area contributed by atoms with E-state index in [9.17, 15) is 8.42 Å². The zero-order valence-electron chi connectivity index (χ0n) is 9.31. The van der Waals surface area contributed by atoms with E-state index >= 15 is 0 Å². The number of fused-ring (bicyclic) bond motifs is 1. The summed E-state index contributed by atoms with van der Waals surface area (Å²) >= 11 is 3.51. The summed E-state index contributed by atoms with van der Waals surface area (Å²) in [5, 5.41) is 4.51. The highest BCUT2D eigenvalue weighted by atomic mass is 32.2. The van der Waals surface area contributed by atoms with Gasteiger partial charge in [-0.25, -0.2) is 13.4 Å². The van der Waals surface area contributed by atoms with Crippen LogP contribution in [0.2, 0.25) is 0 Å². The molecule has 1 aromatic heterocycles. The van der Waals surface area contributed by atoms with Crippen LogP contribution in [0.25, 0.3) is 0 Å². The molecule has 1 fully saturated rings. The van der Waals surface area contributed by atoms with E-state index in [4.69, 9.17) is 0 Å². The van der Waals surface area contributed by atoms with Gasteiger partial charge in [-0.3, -0.25) is 0 Å². The number of thiazole rings is 1. The van der Waals surface area contributed by atoms with Gasteiger partial charge in [-0.2, -0.15) is 11.8 Å². The minimum Gasteiger partial charge on any atom is -0.306 e. The van der Waals surface area contributed by atoms with Gasteiger partial charge in [0.05, 0.1) is 23.2 Å². The van der Waals surface area contributed by atoms with Gasteiger partial charge in [0, 0.05) is 29.3 Å². The number of sulfone groups is 1. The van der Waals surface area contributed by atoms with Crippen molar-refractivity contribution in [1.82, 2.24) is 10.3 Å². The molecule has 1 aromatic rings. The minimum atomic E-state index is -2.87. The predicted octanol–water partition coefficient (Wildman–Crippen LogP) is 0.992. The van der Waals surface area contributed by atoms with Crippen molar-refractivity contribution in [1.29, 1.82) is 0 Å². The highest BCUT2D eigenvalue weighted by Gasteiger charge is 2.27. The summed E-state index contributed by atoms with van der Waals surface area (Å²) < 4.78 is 23.1. The molecule has 0 saturated carbocycles. The summed E-state index contributed by atoms with van der Waals surface area (Å²) in [5.41, 5.74) is 1.01. The molecular formula is C10H14N2O2S3. The third kappa shape index (κ3) is 2.52. The summed E-state index contributed by atoms with van der Waals surface area (Å²) in [7, 11) is -2.87. The van der Waals surface area contributed by atoms with Crippen LogP contribution in [0.4, 0.5) is 0 Å². The molecule has 1 atom stereocenters. The van der Waals surface area contributed by atoms with Gasteiger partial charge >= 0.3 is 0 Å². The summed E-state index contributed by atoms with van der Waals surface area (Å²) in [6, 6.07) is 0.312. The van der Waals surface area contributed by atoms with E-state index < -0.39 is 9.84 Å². The fourth-order valence-corrected chi connectivity index (χ4v) is 6.13. The molecule has 1 saturated heterocycles. The number of nitrogens with one attached hydrogen (secondary N) is 1. The maximum Gasteiger partial charge on any atom is 0.155 e. The second kappa shape index (κ2) is 4.53. The van der Waals surface area contributed by atoms with Gasteiger partial charge in [0.2, 0.25) is 0 Å². The molecule has 0 aliphatic carbocycles. The van der Waals surface area contributed by atoms with Crippen LogP contribution in [0.3, 0.4) is 0 Å². The van der Waals surface area contributed by atoms with Gasteiger partial charge in [-0.15, -0.1) is 11.3 Å². The van der Waals surface area contributed by atoms with Crippen molar-refractivity contribution >= 4 is 32.9 Å². The Balaban J connectivity index is 1.86. The lowest BCUT2D eigenvalue weighted by atomic mass is 10.3. The first-order valence-electron chi connectivity index (χ1n) is 5.64. The molecule has 17 heavy (non-hydrogen) atoms. The number of rotatable bonds is 1. The van der Waals surface area contributed by atoms with Crippen LogP contribution in [0, 0.1) is 0 Å². The monoisotopic (exact) mass is 290 g/mol. The first-order chi connectivity index (χ1) is 8.14. The lowest BCUT2D eigenvalue weighted by Gasteiger charge is -2.20. The minimum absolute atomic E-state index is 0.194. The van der Waals surface area contributed by atoms with E-state index in [1.807, 2.05) is 11.8 Å². The van der Waals surface area contributed by atoms with Crippen LogP contribution in [0.15, 0.2) is 0 Å². The highest BCUT2D eigenvalue weighted by Crippen LogP contribution is 2.31. The predicted molar refractivity (Wildman–Crippen MR) is 71.4 cm³/mol. The largest absolute Gasteiger partial charge is 0.306 e. The van der Waals surface area contributed by atoms with Crippen molar-refractivity contribution in [2.45, 2.75) is 18.2 Å². The van der Waals surface area contributed by atoms with Crippen LogP contribution in [-0.2, 0) is 22.0 Å². The molecule has 0 aromatic carbocycles. The number of thioether (sulfide) groups is 1. The van der Waals surface area contributed by atoms with E-state index in [-0.39, 0.29) is 11.5 Å². The fraction of sp³-hybridized carbons (Fsp3) is 0.700. The molecule has 0 radical (unpaired) electrons.